The van der Waals surface area contributed by atoms with E-state index in [0.717, 1.165) is 5.56 Å². The van der Waals surface area contributed by atoms with Gasteiger partial charge in [0.2, 0.25) is 0 Å². The normalized spacial score (nSPS) is 13.2. The molecule has 0 amide bonds. The van der Waals surface area contributed by atoms with Gasteiger partial charge in [-0.3, -0.25) is 0 Å². The fourth-order valence-electron chi connectivity index (χ4n) is 1.66. The summed E-state index contributed by atoms with van der Waals surface area (Å²) in [6, 6.07) is 9.58. The van der Waals surface area contributed by atoms with E-state index >= 15 is 0 Å². The summed E-state index contributed by atoms with van der Waals surface area (Å²) in [7, 11) is 0. The molecule has 0 bridgehead atoms. The van der Waals surface area contributed by atoms with Crippen molar-refractivity contribution in [2.24, 2.45) is 0 Å². The van der Waals surface area contributed by atoms with Crippen molar-refractivity contribution >= 4 is 23.2 Å². The molecule has 0 aliphatic heterocycles. The lowest BCUT2D eigenvalue weighted by atomic mass is 9.96. The number of hydrogen-bond acceptors (Lipinski definition) is 1. The van der Waals surface area contributed by atoms with E-state index in [9.17, 15) is 0 Å². The zero-order chi connectivity index (χ0) is 12.4. The molecule has 0 atom stereocenters. The van der Waals surface area contributed by atoms with E-state index in [1.807, 2.05) is 58.0 Å². The van der Waals surface area contributed by atoms with Crippen molar-refractivity contribution in [2.45, 2.75) is 43.7 Å². The van der Waals surface area contributed by atoms with E-state index in [1.54, 1.807) is 0 Å². The lowest BCUT2D eigenvalue weighted by Gasteiger charge is -2.38. The largest absolute Gasteiger partial charge is 0.369 e. The Balaban J connectivity index is 3.01. The molecule has 0 aliphatic rings. The van der Waals surface area contributed by atoms with E-state index in [2.05, 4.69) is 0 Å². The molecule has 0 aromatic heterocycles. The molecule has 0 fully saturated rings. The Morgan fingerprint density at radius 2 is 1.56 bits per heavy atom. The van der Waals surface area contributed by atoms with Gasteiger partial charge in [-0.15, -0.1) is 0 Å². The van der Waals surface area contributed by atoms with Gasteiger partial charge in [-0.05, 0) is 33.3 Å². The smallest absolute Gasteiger partial charge is 0.171 e. The van der Waals surface area contributed by atoms with Crippen LogP contribution in [0.15, 0.2) is 30.3 Å². The third-order valence-corrected chi connectivity index (χ3v) is 3.77. The molecule has 3 heteroatoms. The third kappa shape index (κ3) is 2.91. The third-order valence-electron chi connectivity index (χ3n) is 2.42. The van der Waals surface area contributed by atoms with E-state index < -0.39 is 9.93 Å². The summed E-state index contributed by atoms with van der Waals surface area (Å²) < 4.78 is 4.74. The highest BCUT2D eigenvalue weighted by Crippen LogP contribution is 2.45. The average molecular weight is 261 g/mol. The fraction of sp³-hybridized carbons (Fsp3) is 0.538. The maximum Gasteiger partial charge on any atom is 0.171 e. The molecule has 90 valence electrons. The van der Waals surface area contributed by atoms with Crippen LogP contribution in [0.25, 0.3) is 0 Å². The number of ether oxygens (including phenoxy) is 1. The van der Waals surface area contributed by atoms with Gasteiger partial charge in [0, 0.05) is 0 Å². The summed E-state index contributed by atoms with van der Waals surface area (Å²) in [6.45, 7) is 7.74. The van der Waals surface area contributed by atoms with E-state index in [-0.39, 0.29) is 6.10 Å². The Labute approximate surface area is 108 Å². The van der Waals surface area contributed by atoms with Crippen LogP contribution < -0.4 is 0 Å². The summed E-state index contributed by atoms with van der Waals surface area (Å²) in [6.07, 6.45) is 0.0792. The zero-order valence-corrected chi connectivity index (χ0v) is 11.6. The van der Waals surface area contributed by atoms with Gasteiger partial charge >= 0.3 is 0 Å². The number of benzene rings is 1. The molecule has 0 radical (unpaired) electrons. The van der Waals surface area contributed by atoms with Crippen LogP contribution >= 0.6 is 23.2 Å². The van der Waals surface area contributed by atoms with Crippen LogP contribution in [0.1, 0.15) is 33.3 Å². The molecule has 0 N–H and O–H groups in total. The predicted molar refractivity (Wildman–Crippen MR) is 70.1 cm³/mol. The summed E-state index contributed by atoms with van der Waals surface area (Å²) in [4.78, 5) is 0. The second kappa shape index (κ2) is 4.95. The second-order valence-corrected chi connectivity index (χ2v) is 5.94. The first kappa shape index (κ1) is 13.8. The van der Waals surface area contributed by atoms with Crippen LogP contribution in [0.3, 0.4) is 0 Å². The van der Waals surface area contributed by atoms with Crippen molar-refractivity contribution in [1.29, 1.82) is 0 Å². The summed E-state index contributed by atoms with van der Waals surface area (Å²) in [5, 5.41) is 0. The van der Waals surface area contributed by atoms with Crippen molar-refractivity contribution in [2.75, 3.05) is 0 Å². The molecular weight excluding hydrogens is 243 g/mol. The van der Waals surface area contributed by atoms with Crippen LogP contribution in [0, 0.1) is 0 Å². The Bertz CT molecular complexity index is 331. The fourth-order valence-corrected chi connectivity index (χ4v) is 2.00. The van der Waals surface area contributed by atoms with Gasteiger partial charge in [-0.2, -0.15) is 0 Å². The van der Waals surface area contributed by atoms with Gasteiger partial charge in [-0.1, -0.05) is 53.5 Å². The topological polar surface area (TPSA) is 9.23 Å². The van der Waals surface area contributed by atoms with E-state index in [4.69, 9.17) is 27.9 Å². The number of alkyl halides is 2. The Hall–Kier alpha value is -0.240. The van der Waals surface area contributed by atoms with Gasteiger partial charge in [0.1, 0.15) is 5.60 Å². The monoisotopic (exact) mass is 260 g/mol. The van der Waals surface area contributed by atoms with E-state index in [1.165, 1.54) is 0 Å². The van der Waals surface area contributed by atoms with Gasteiger partial charge in [0.05, 0.1) is 6.10 Å². The van der Waals surface area contributed by atoms with Crippen molar-refractivity contribution in [3.05, 3.63) is 35.9 Å². The molecule has 0 aliphatic carbocycles. The highest BCUT2D eigenvalue weighted by Gasteiger charge is 2.45. The molecule has 0 saturated carbocycles. The van der Waals surface area contributed by atoms with E-state index in [0.29, 0.717) is 0 Å². The van der Waals surface area contributed by atoms with Gasteiger partial charge in [0.25, 0.3) is 0 Å². The van der Waals surface area contributed by atoms with Crippen molar-refractivity contribution in [1.82, 2.24) is 0 Å². The summed E-state index contributed by atoms with van der Waals surface area (Å²) in [5.74, 6) is 0. The van der Waals surface area contributed by atoms with Crippen LogP contribution in [0.5, 0.6) is 0 Å². The quantitative estimate of drug-likeness (QED) is 0.724. The maximum absolute atomic E-state index is 6.44. The molecular formula is C13H18Cl2O. The minimum absolute atomic E-state index is 0.0792. The Morgan fingerprint density at radius 3 is 2.00 bits per heavy atom. The lowest BCUT2D eigenvalue weighted by molar-refractivity contribution is -0.0668. The minimum Gasteiger partial charge on any atom is -0.369 e. The minimum atomic E-state index is -1.06. The SMILES string of the molecule is CC(C)OC(C)(C)C(Cl)(Cl)c1ccccc1. The van der Waals surface area contributed by atoms with Crippen molar-refractivity contribution in [3.63, 3.8) is 0 Å². The Kier molecular flexibility index (Phi) is 4.28. The number of rotatable bonds is 4. The average Bonchev–Trinajstić information content (AvgIpc) is 2.17. The molecule has 1 rings (SSSR count). The standard InChI is InChI=1S/C13H18Cl2O/c1-10(2)16-12(3,4)13(14,15)11-8-6-5-7-9-11/h5-10H,1-4H3. The first-order valence-electron chi connectivity index (χ1n) is 5.38. The van der Waals surface area contributed by atoms with Crippen LogP contribution in [-0.2, 0) is 9.07 Å². The molecule has 0 saturated heterocycles. The second-order valence-electron chi connectivity index (χ2n) is 4.62. The van der Waals surface area contributed by atoms with Crippen LogP contribution in [-0.4, -0.2) is 11.7 Å². The molecule has 1 aromatic carbocycles. The molecule has 0 heterocycles. The van der Waals surface area contributed by atoms with Gasteiger partial charge in [-0.25, -0.2) is 0 Å². The van der Waals surface area contributed by atoms with Gasteiger partial charge < -0.3 is 4.74 Å². The number of halogens is 2. The summed E-state index contributed by atoms with van der Waals surface area (Å²) >= 11 is 12.9. The van der Waals surface area contributed by atoms with Gasteiger partial charge in [0.15, 0.2) is 4.33 Å². The predicted octanol–water partition coefficient (Wildman–Crippen LogP) is 4.52. The lowest BCUT2D eigenvalue weighted by Crippen LogP contribution is -2.43. The highest BCUT2D eigenvalue weighted by molar-refractivity contribution is 6.48. The van der Waals surface area contributed by atoms with Crippen LogP contribution in [0.2, 0.25) is 0 Å². The number of hydrogen-bond donors (Lipinski definition) is 0. The first-order valence-corrected chi connectivity index (χ1v) is 6.14. The van der Waals surface area contributed by atoms with Crippen LogP contribution in [0.4, 0.5) is 0 Å². The molecule has 1 aromatic rings. The summed E-state index contributed by atoms with van der Waals surface area (Å²) in [5.41, 5.74) is 0.204. The molecule has 16 heavy (non-hydrogen) atoms. The van der Waals surface area contributed by atoms with Crippen molar-refractivity contribution in [3.8, 4) is 0 Å². The Morgan fingerprint density at radius 1 is 1.06 bits per heavy atom. The van der Waals surface area contributed by atoms with Crippen molar-refractivity contribution < 1.29 is 4.74 Å². The highest BCUT2D eigenvalue weighted by atomic mass is 35.5. The maximum atomic E-state index is 6.44. The molecule has 0 unspecified atom stereocenters. The zero-order valence-electron chi connectivity index (χ0n) is 10.1. The molecule has 0 spiro atoms. The molecule has 1 nitrogen and oxygen atoms in total. The first-order chi connectivity index (χ1) is 7.27.